The van der Waals surface area contributed by atoms with Crippen molar-refractivity contribution in [2.45, 2.75) is 6.92 Å². The molecule has 1 amide bonds. The molecule has 12 nitrogen and oxygen atoms in total. The van der Waals surface area contributed by atoms with Crippen LogP contribution in [0.3, 0.4) is 0 Å². The monoisotopic (exact) mass is 585 g/mol. The lowest BCUT2D eigenvalue weighted by atomic mass is 10.2. The highest BCUT2D eigenvalue weighted by Crippen LogP contribution is 2.31. The smallest absolute Gasteiger partial charge is 0.351 e. The molecule has 4 aromatic rings. The summed E-state index contributed by atoms with van der Waals surface area (Å²) in [6, 6.07) is 11.3. The molecule has 220 valence electrons. The first kappa shape index (κ1) is 29.2. The van der Waals surface area contributed by atoms with Crippen molar-refractivity contribution in [2.75, 3.05) is 43.9 Å². The number of nitrogen functional groups attached to an aromatic ring is 1. The van der Waals surface area contributed by atoms with Crippen LogP contribution < -0.4 is 27.0 Å². The average Bonchev–Trinajstić information content (AvgIpc) is 2.99. The third-order valence-electron chi connectivity index (χ3n) is 6.64. The maximum absolute atomic E-state index is 13.4. The number of ether oxygens (including phenoxy) is 2. The van der Waals surface area contributed by atoms with Crippen molar-refractivity contribution in [1.82, 2.24) is 24.2 Å². The molecule has 43 heavy (non-hydrogen) atoms. The van der Waals surface area contributed by atoms with Crippen molar-refractivity contribution >= 4 is 17.4 Å². The zero-order valence-electron chi connectivity index (χ0n) is 23.5. The van der Waals surface area contributed by atoms with Gasteiger partial charge in [-0.25, -0.2) is 23.4 Å². The van der Waals surface area contributed by atoms with Gasteiger partial charge in [0.2, 0.25) is 5.69 Å². The average molecular weight is 586 g/mol. The molecule has 0 radical (unpaired) electrons. The second-order valence-corrected chi connectivity index (χ2v) is 9.67. The lowest BCUT2D eigenvalue weighted by Gasteiger charge is -2.24. The molecule has 1 aliphatic rings. The van der Waals surface area contributed by atoms with E-state index in [1.807, 2.05) is 0 Å². The van der Waals surface area contributed by atoms with Gasteiger partial charge < -0.3 is 20.5 Å². The summed E-state index contributed by atoms with van der Waals surface area (Å²) in [7, 11) is 1.31. The number of amides is 1. The molecule has 0 saturated carbocycles. The Hall–Kier alpha value is -5.32. The topological polar surface area (TPSA) is 147 Å². The Balaban J connectivity index is 1.35. The van der Waals surface area contributed by atoms with E-state index in [-0.39, 0.29) is 11.5 Å². The van der Waals surface area contributed by atoms with Crippen molar-refractivity contribution in [2.24, 2.45) is 7.05 Å². The number of hydrogen-bond donors (Lipinski definition) is 2. The van der Waals surface area contributed by atoms with Crippen LogP contribution in [-0.4, -0.2) is 63.0 Å². The van der Waals surface area contributed by atoms with Gasteiger partial charge in [-0.2, -0.15) is 5.10 Å². The first-order valence-corrected chi connectivity index (χ1v) is 13.3. The largest absolute Gasteiger partial charge is 0.456 e. The van der Waals surface area contributed by atoms with Crippen LogP contribution in [0, 0.1) is 24.6 Å². The molecule has 3 heterocycles. The number of pyridine rings is 1. The van der Waals surface area contributed by atoms with E-state index in [2.05, 4.69) is 32.1 Å². The maximum atomic E-state index is 13.4. The molecule has 0 spiro atoms. The van der Waals surface area contributed by atoms with E-state index in [0.29, 0.717) is 48.1 Å². The van der Waals surface area contributed by atoms with Gasteiger partial charge in [-0.1, -0.05) is 11.8 Å². The number of aromatic nitrogens is 4. The van der Waals surface area contributed by atoms with Gasteiger partial charge in [-0.15, -0.1) is 0 Å². The Morgan fingerprint density at radius 3 is 2.58 bits per heavy atom. The number of nitrogens with one attached hydrogen (secondary N) is 1. The third-order valence-corrected chi connectivity index (χ3v) is 6.64. The number of carbonyl (C=O) groups is 1. The number of nitrogens with two attached hydrogens (primary N) is 1. The fraction of sp³-hybridized carbons (Fsp3) is 0.233. The number of halogens is 1. The van der Waals surface area contributed by atoms with Gasteiger partial charge in [-0.05, 0) is 55.0 Å². The summed E-state index contributed by atoms with van der Waals surface area (Å²) >= 11 is 0. The highest BCUT2D eigenvalue weighted by molar-refractivity contribution is 6.02. The fourth-order valence-corrected chi connectivity index (χ4v) is 4.35. The minimum Gasteiger partial charge on any atom is -0.456 e. The summed E-state index contributed by atoms with van der Waals surface area (Å²) in [6.45, 7) is 5.32. The van der Waals surface area contributed by atoms with Crippen LogP contribution in [-0.2, 0) is 11.8 Å². The number of nitrogens with zero attached hydrogens (tertiary/aromatic N) is 5. The maximum Gasteiger partial charge on any atom is 0.351 e. The summed E-state index contributed by atoms with van der Waals surface area (Å²) in [5, 5.41) is 6.49. The molecule has 0 atom stereocenters. The molecule has 0 bridgehead atoms. The predicted molar refractivity (Wildman–Crippen MR) is 157 cm³/mol. The second-order valence-electron chi connectivity index (χ2n) is 9.67. The van der Waals surface area contributed by atoms with Crippen LogP contribution in [0.15, 0.2) is 64.3 Å². The Bertz CT molecular complexity index is 1850. The number of rotatable bonds is 6. The molecule has 1 fully saturated rings. The van der Waals surface area contributed by atoms with Gasteiger partial charge in [-0.3, -0.25) is 14.5 Å². The molecule has 5 rings (SSSR count). The fourth-order valence-electron chi connectivity index (χ4n) is 4.35. The summed E-state index contributed by atoms with van der Waals surface area (Å²) in [5.74, 6) is 5.99. The van der Waals surface area contributed by atoms with Crippen molar-refractivity contribution in [1.29, 1.82) is 0 Å². The summed E-state index contributed by atoms with van der Waals surface area (Å²) < 4.78 is 26.5. The van der Waals surface area contributed by atoms with E-state index >= 15 is 0 Å². The Kier molecular flexibility index (Phi) is 8.61. The Morgan fingerprint density at radius 2 is 1.86 bits per heavy atom. The van der Waals surface area contributed by atoms with E-state index in [4.69, 9.17) is 15.2 Å². The minimum absolute atomic E-state index is 0.0997. The zero-order valence-corrected chi connectivity index (χ0v) is 23.5. The van der Waals surface area contributed by atoms with Crippen LogP contribution >= 0.6 is 0 Å². The molecule has 2 aromatic heterocycles. The molecule has 1 aliphatic heterocycles. The molecule has 3 N–H and O–H groups in total. The summed E-state index contributed by atoms with van der Waals surface area (Å²) in [5.41, 5.74) is 5.45. The molecule has 13 heteroatoms. The SMILES string of the molecule is Cc1cc(NC(=O)c2nn(C)c(=O)n(-c3ccc(F)cc3)c2=O)ccc1Oc1ccnc(N)c1C#CCN1CCOCC1. The second kappa shape index (κ2) is 12.7. The molecule has 1 saturated heterocycles. The third kappa shape index (κ3) is 6.61. The highest BCUT2D eigenvalue weighted by atomic mass is 19.1. The zero-order chi connectivity index (χ0) is 30.5. The van der Waals surface area contributed by atoms with E-state index in [9.17, 15) is 18.8 Å². The van der Waals surface area contributed by atoms with Gasteiger partial charge in [0.15, 0.2) is 0 Å². The minimum atomic E-state index is -0.943. The molecule has 0 unspecified atom stereocenters. The van der Waals surface area contributed by atoms with E-state index in [1.54, 1.807) is 31.2 Å². The van der Waals surface area contributed by atoms with E-state index in [0.717, 1.165) is 34.5 Å². The first-order valence-electron chi connectivity index (χ1n) is 13.3. The molecule has 0 aliphatic carbocycles. The van der Waals surface area contributed by atoms with Crippen molar-refractivity contribution in [3.63, 3.8) is 0 Å². The summed E-state index contributed by atoms with van der Waals surface area (Å²) in [6.07, 6.45) is 1.53. The highest BCUT2D eigenvalue weighted by Gasteiger charge is 2.20. The van der Waals surface area contributed by atoms with Crippen molar-refractivity contribution in [3.05, 3.63) is 98.2 Å². The van der Waals surface area contributed by atoms with Crippen molar-refractivity contribution in [3.8, 4) is 29.0 Å². The van der Waals surface area contributed by atoms with Crippen LogP contribution in [0.25, 0.3) is 5.69 Å². The van der Waals surface area contributed by atoms with Crippen molar-refractivity contribution < 1.29 is 18.7 Å². The van der Waals surface area contributed by atoms with Gasteiger partial charge in [0.05, 0.1) is 25.4 Å². The van der Waals surface area contributed by atoms with E-state index in [1.165, 1.54) is 25.4 Å². The normalized spacial score (nSPS) is 13.2. The standard InChI is InChI=1S/C30H28FN7O5/c1-19-18-21(34-28(39)26-29(40)38(30(41)36(2)35-26)22-8-5-20(31)6-9-22)7-10-24(19)43-25-11-12-33-27(32)23(25)4-3-13-37-14-16-42-17-15-37/h5-12,18H,13-17H2,1-2H3,(H2,32,33)(H,34,39). The lowest BCUT2D eigenvalue weighted by molar-refractivity contribution is 0.0443. The van der Waals surface area contributed by atoms with Crippen LogP contribution in [0.2, 0.25) is 0 Å². The number of benzene rings is 2. The number of anilines is 2. The number of carbonyl (C=O) groups excluding carboxylic acids is 1. The first-order chi connectivity index (χ1) is 20.7. The number of hydrogen-bond acceptors (Lipinski definition) is 9. The quantitative estimate of drug-likeness (QED) is 0.325. The van der Waals surface area contributed by atoms with Gasteiger partial charge in [0.1, 0.15) is 28.7 Å². The van der Waals surface area contributed by atoms with Crippen LogP contribution in [0.5, 0.6) is 11.5 Å². The molecular weight excluding hydrogens is 557 g/mol. The number of morpholine rings is 1. The Labute approximate surface area is 245 Å². The molecule has 2 aromatic carbocycles. The lowest BCUT2D eigenvalue weighted by Crippen LogP contribution is -2.43. The van der Waals surface area contributed by atoms with Gasteiger partial charge in [0, 0.05) is 38.1 Å². The molecular formula is C30H28FN7O5. The van der Waals surface area contributed by atoms with Gasteiger partial charge in [0.25, 0.3) is 11.5 Å². The summed E-state index contributed by atoms with van der Waals surface area (Å²) in [4.78, 5) is 45.1. The number of aryl methyl sites for hydroxylation is 2. The van der Waals surface area contributed by atoms with Crippen LogP contribution in [0.4, 0.5) is 15.9 Å². The van der Waals surface area contributed by atoms with Gasteiger partial charge >= 0.3 is 5.69 Å². The Morgan fingerprint density at radius 1 is 1.12 bits per heavy atom. The van der Waals surface area contributed by atoms with E-state index < -0.39 is 28.7 Å². The predicted octanol–water partition coefficient (Wildman–Crippen LogP) is 2.08. The van der Waals surface area contributed by atoms with Crippen LogP contribution in [0.1, 0.15) is 21.6 Å².